The predicted molar refractivity (Wildman–Crippen MR) is 143 cm³/mol. The second-order valence-electron chi connectivity index (χ2n) is 9.60. The number of pyridine rings is 1. The van der Waals surface area contributed by atoms with Crippen molar-refractivity contribution in [3.8, 4) is 5.75 Å². The second kappa shape index (κ2) is 12.0. The second-order valence-corrected chi connectivity index (χ2v) is 9.60. The standard InChI is InChI=1S/C29H34N4O4/c1-19-7-14-25(28(30)34)26(20-8-9-20)27(19)32-29(35)21-10-12-24(13-11-21)37-18-23-6-4-5-22(31-23)17-36-16-15-33(2)3/h4-7,10-14,20H,8-9,15-18H2,1-3H3,(H2,30,34)(H,32,35). The number of rotatable bonds is 12. The number of likely N-dealkylation sites (N-methyl/N-ethyl adjacent to an activating group) is 1. The molecule has 0 unspecified atom stereocenters. The summed E-state index contributed by atoms with van der Waals surface area (Å²) >= 11 is 0. The summed E-state index contributed by atoms with van der Waals surface area (Å²) in [4.78, 5) is 31.6. The van der Waals surface area contributed by atoms with Crippen LogP contribution in [0, 0.1) is 6.92 Å². The largest absolute Gasteiger partial charge is 0.487 e. The van der Waals surface area contributed by atoms with Crippen LogP contribution in [0.2, 0.25) is 0 Å². The van der Waals surface area contributed by atoms with E-state index in [0.29, 0.717) is 42.4 Å². The molecule has 2 aromatic carbocycles. The van der Waals surface area contributed by atoms with Crippen molar-refractivity contribution < 1.29 is 19.1 Å². The first-order valence-corrected chi connectivity index (χ1v) is 12.5. The maximum absolute atomic E-state index is 13.0. The van der Waals surface area contributed by atoms with Crippen LogP contribution in [0.4, 0.5) is 5.69 Å². The first-order valence-electron chi connectivity index (χ1n) is 12.5. The van der Waals surface area contributed by atoms with Crippen molar-refractivity contribution in [2.75, 3.05) is 32.6 Å². The summed E-state index contributed by atoms with van der Waals surface area (Å²) in [5.74, 6) is 0.166. The van der Waals surface area contributed by atoms with Gasteiger partial charge in [0.05, 0.1) is 24.6 Å². The highest BCUT2D eigenvalue weighted by Crippen LogP contribution is 2.46. The Kier molecular flexibility index (Phi) is 8.53. The monoisotopic (exact) mass is 502 g/mol. The maximum Gasteiger partial charge on any atom is 0.255 e. The number of hydrogen-bond donors (Lipinski definition) is 2. The van der Waals surface area contributed by atoms with Gasteiger partial charge >= 0.3 is 0 Å². The third-order valence-electron chi connectivity index (χ3n) is 6.24. The minimum absolute atomic E-state index is 0.248. The summed E-state index contributed by atoms with van der Waals surface area (Å²) < 4.78 is 11.6. The molecule has 8 nitrogen and oxygen atoms in total. The summed E-state index contributed by atoms with van der Waals surface area (Å²) in [6.45, 7) is 4.18. The van der Waals surface area contributed by atoms with Crippen molar-refractivity contribution in [2.24, 2.45) is 5.73 Å². The van der Waals surface area contributed by atoms with Crippen LogP contribution in [0.3, 0.4) is 0 Å². The minimum Gasteiger partial charge on any atom is -0.487 e. The zero-order valence-corrected chi connectivity index (χ0v) is 21.6. The van der Waals surface area contributed by atoms with Crippen LogP contribution in [0.25, 0.3) is 0 Å². The Morgan fingerprint density at radius 2 is 1.73 bits per heavy atom. The van der Waals surface area contributed by atoms with Crippen LogP contribution in [0.1, 0.15) is 62.0 Å². The van der Waals surface area contributed by atoms with Gasteiger partial charge in [0.1, 0.15) is 12.4 Å². The number of ether oxygens (including phenoxy) is 2. The fourth-order valence-electron chi connectivity index (χ4n) is 4.06. The van der Waals surface area contributed by atoms with E-state index in [2.05, 4.69) is 15.2 Å². The van der Waals surface area contributed by atoms with Crippen LogP contribution in [-0.2, 0) is 18.0 Å². The summed E-state index contributed by atoms with van der Waals surface area (Å²) in [6.07, 6.45) is 1.97. The van der Waals surface area contributed by atoms with Crippen LogP contribution in [-0.4, -0.2) is 48.9 Å². The number of hydrogen-bond acceptors (Lipinski definition) is 6. The highest BCUT2D eigenvalue weighted by molar-refractivity contribution is 6.06. The zero-order chi connectivity index (χ0) is 26.4. The van der Waals surface area contributed by atoms with E-state index in [4.69, 9.17) is 15.2 Å². The van der Waals surface area contributed by atoms with E-state index in [1.807, 2.05) is 45.3 Å². The van der Waals surface area contributed by atoms with Gasteiger partial charge in [0.15, 0.2) is 0 Å². The molecule has 0 atom stereocenters. The Morgan fingerprint density at radius 3 is 2.38 bits per heavy atom. The van der Waals surface area contributed by atoms with Crippen molar-refractivity contribution in [1.82, 2.24) is 9.88 Å². The molecule has 1 aliphatic carbocycles. The molecule has 0 spiro atoms. The number of carbonyl (C=O) groups excluding carboxylic acids is 2. The Hall–Kier alpha value is -3.75. The topological polar surface area (TPSA) is 107 Å². The fraction of sp³-hybridized carbons (Fsp3) is 0.345. The molecule has 194 valence electrons. The lowest BCUT2D eigenvalue weighted by molar-refractivity contribution is 0.0995. The molecule has 3 N–H and O–H groups in total. The number of nitrogens with two attached hydrogens (primary N) is 1. The molecule has 3 aromatic rings. The normalized spacial score (nSPS) is 13.0. The number of primary amides is 1. The Morgan fingerprint density at radius 1 is 1.03 bits per heavy atom. The van der Waals surface area contributed by atoms with E-state index in [0.717, 1.165) is 41.9 Å². The lowest BCUT2D eigenvalue weighted by Crippen LogP contribution is -2.19. The summed E-state index contributed by atoms with van der Waals surface area (Å²) in [7, 11) is 4.02. The van der Waals surface area contributed by atoms with Gasteiger partial charge in [-0.1, -0.05) is 12.1 Å². The molecular weight excluding hydrogens is 468 g/mol. The average molecular weight is 503 g/mol. The molecule has 8 heteroatoms. The van der Waals surface area contributed by atoms with Crippen molar-refractivity contribution in [3.05, 3.63) is 88.2 Å². The smallest absolute Gasteiger partial charge is 0.255 e. The maximum atomic E-state index is 13.0. The molecule has 1 aromatic heterocycles. The van der Waals surface area contributed by atoms with Gasteiger partial charge in [0.25, 0.3) is 5.91 Å². The molecule has 1 heterocycles. The SMILES string of the molecule is Cc1ccc(C(N)=O)c(C2CC2)c1NC(=O)c1ccc(OCc2cccc(COCCN(C)C)n2)cc1. The first kappa shape index (κ1) is 26.3. The van der Waals surface area contributed by atoms with E-state index in [9.17, 15) is 9.59 Å². The molecule has 1 saturated carbocycles. The summed E-state index contributed by atoms with van der Waals surface area (Å²) in [5, 5.41) is 3.01. The summed E-state index contributed by atoms with van der Waals surface area (Å²) in [5.41, 5.74) is 10.6. The van der Waals surface area contributed by atoms with Gasteiger partial charge in [0, 0.05) is 23.4 Å². The number of amides is 2. The highest BCUT2D eigenvalue weighted by atomic mass is 16.5. The third kappa shape index (κ3) is 7.15. The van der Waals surface area contributed by atoms with Crippen molar-refractivity contribution in [1.29, 1.82) is 0 Å². The number of carbonyl (C=O) groups is 2. The number of aryl methyl sites for hydroxylation is 1. The third-order valence-corrected chi connectivity index (χ3v) is 6.24. The van der Waals surface area contributed by atoms with Gasteiger partial charge < -0.3 is 25.4 Å². The first-order chi connectivity index (χ1) is 17.8. The molecular formula is C29H34N4O4. The van der Waals surface area contributed by atoms with Gasteiger partial charge in [-0.15, -0.1) is 0 Å². The molecule has 0 aliphatic heterocycles. The van der Waals surface area contributed by atoms with Gasteiger partial charge in [-0.05, 0) is 93.4 Å². The van der Waals surface area contributed by atoms with E-state index in [1.54, 1.807) is 30.3 Å². The highest BCUT2D eigenvalue weighted by Gasteiger charge is 2.31. The molecule has 4 rings (SSSR count). The number of aromatic nitrogens is 1. The molecule has 2 amide bonds. The van der Waals surface area contributed by atoms with Gasteiger partial charge in [-0.25, -0.2) is 0 Å². The number of benzene rings is 2. The number of nitrogens with one attached hydrogen (secondary N) is 1. The van der Waals surface area contributed by atoms with Gasteiger partial charge in [0.2, 0.25) is 5.91 Å². The van der Waals surface area contributed by atoms with E-state index < -0.39 is 5.91 Å². The van der Waals surface area contributed by atoms with Crippen molar-refractivity contribution >= 4 is 17.5 Å². The molecule has 0 saturated heterocycles. The quantitative estimate of drug-likeness (QED) is 0.358. The van der Waals surface area contributed by atoms with Crippen LogP contribution < -0.4 is 15.8 Å². The molecule has 1 aliphatic rings. The summed E-state index contributed by atoms with van der Waals surface area (Å²) in [6, 6.07) is 16.3. The van der Waals surface area contributed by atoms with Gasteiger partial charge in [-0.3, -0.25) is 14.6 Å². The zero-order valence-electron chi connectivity index (χ0n) is 21.6. The van der Waals surface area contributed by atoms with Crippen molar-refractivity contribution in [3.63, 3.8) is 0 Å². The van der Waals surface area contributed by atoms with Crippen molar-refractivity contribution in [2.45, 2.75) is 38.9 Å². The van der Waals surface area contributed by atoms with E-state index in [1.165, 1.54) is 0 Å². The fourth-order valence-corrected chi connectivity index (χ4v) is 4.06. The Bertz CT molecular complexity index is 1250. The number of nitrogens with zero attached hydrogens (tertiary/aromatic N) is 2. The van der Waals surface area contributed by atoms with Crippen LogP contribution in [0.15, 0.2) is 54.6 Å². The molecule has 0 bridgehead atoms. The lowest BCUT2D eigenvalue weighted by atomic mass is 9.96. The van der Waals surface area contributed by atoms with E-state index >= 15 is 0 Å². The van der Waals surface area contributed by atoms with Gasteiger partial charge in [-0.2, -0.15) is 0 Å². The predicted octanol–water partition coefficient (Wildman–Crippen LogP) is 4.28. The Labute approximate surface area is 217 Å². The lowest BCUT2D eigenvalue weighted by Gasteiger charge is -2.17. The Balaban J connectivity index is 1.36. The minimum atomic E-state index is -0.476. The van der Waals surface area contributed by atoms with Crippen LogP contribution >= 0.6 is 0 Å². The van der Waals surface area contributed by atoms with Crippen LogP contribution in [0.5, 0.6) is 5.75 Å². The molecule has 1 fully saturated rings. The number of anilines is 1. The molecule has 0 radical (unpaired) electrons. The average Bonchev–Trinajstić information content (AvgIpc) is 3.72. The van der Waals surface area contributed by atoms with E-state index in [-0.39, 0.29) is 11.8 Å². The molecule has 37 heavy (non-hydrogen) atoms.